The van der Waals surface area contributed by atoms with Crippen LogP contribution < -0.4 is 9.47 Å². The van der Waals surface area contributed by atoms with Crippen molar-refractivity contribution < 1.29 is 18.8 Å². The van der Waals surface area contributed by atoms with E-state index < -0.39 is 0 Å². The van der Waals surface area contributed by atoms with Crippen LogP contribution in [0.5, 0.6) is 11.5 Å². The van der Waals surface area contributed by atoms with Crippen LogP contribution in [0.3, 0.4) is 0 Å². The number of rotatable bonds is 4. The smallest absolute Gasteiger partial charge is 0.254 e. The number of hydrogen-bond donors (Lipinski definition) is 0. The van der Waals surface area contributed by atoms with E-state index in [1.165, 1.54) is 10.5 Å². The van der Waals surface area contributed by atoms with Crippen LogP contribution in [0.25, 0.3) is 11.4 Å². The van der Waals surface area contributed by atoms with Gasteiger partial charge in [0.15, 0.2) is 11.5 Å². The normalized spacial score (nSPS) is 13.2. The molecule has 1 aromatic heterocycles. The predicted octanol–water partition coefficient (Wildman–Crippen LogP) is 4.08. The standard InChI is InChI=1S/C23H25N3O4/c1-23(2,3)17-8-5-15(6-9-17)21-24-20(30-25-21)14-26(4)22(27)16-7-10-18-19(13-16)29-12-11-28-18/h5-10,13H,11-12,14H2,1-4H3. The van der Waals surface area contributed by atoms with Crippen LogP contribution in [-0.2, 0) is 12.0 Å². The molecule has 0 spiro atoms. The molecule has 1 aliphatic heterocycles. The van der Waals surface area contributed by atoms with Gasteiger partial charge in [0.25, 0.3) is 5.91 Å². The maximum atomic E-state index is 12.8. The first kappa shape index (κ1) is 19.9. The molecule has 30 heavy (non-hydrogen) atoms. The van der Waals surface area contributed by atoms with Crippen molar-refractivity contribution in [2.75, 3.05) is 20.3 Å². The molecule has 7 heteroatoms. The highest BCUT2D eigenvalue weighted by Crippen LogP contribution is 2.31. The van der Waals surface area contributed by atoms with E-state index in [4.69, 9.17) is 14.0 Å². The third-order valence-corrected chi connectivity index (χ3v) is 4.99. The van der Waals surface area contributed by atoms with Crippen molar-refractivity contribution in [1.29, 1.82) is 0 Å². The summed E-state index contributed by atoms with van der Waals surface area (Å²) in [6, 6.07) is 13.3. The van der Waals surface area contributed by atoms with E-state index in [2.05, 4.69) is 43.0 Å². The van der Waals surface area contributed by atoms with Gasteiger partial charge in [0.05, 0.1) is 6.54 Å². The topological polar surface area (TPSA) is 77.7 Å². The maximum Gasteiger partial charge on any atom is 0.254 e. The number of amides is 1. The Labute approximate surface area is 175 Å². The fourth-order valence-corrected chi connectivity index (χ4v) is 3.23. The van der Waals surface area contributed by atoms with Crippen LogP contribution >= 0.6 is 0 Å². The van der Waals surface area contributed by atoms with Gasteiger partial charge in [-0.3, -0.25) is 4.79 Å². The van der Waals surface area contributed by atoms with Crippen molar-refractivity contribution >= 4 is 5.91 Å². The zero-order valence-electron chi connectivity index (χ0n) is 17.6. The minimum absolute atomic E-state index is 0.0812. The number of carbonyl (C=O) groups excluding carboxylic acids is 1. The van der Waals surface area contributed by atoms with Gasteiger partial charge in [0, 0.05) is 18.2 Å². The Morgan fingerprint density at radius 2 is 1.73 bits per heavy atom. The molecule has 4 rings (SSSR count). The average molecular weight is 407 g/mol. The summed E-state index contributed by atoms with van der Waals surface area (Å²) in [5.74, 6) is 1.95. The lowest BCUT2D eigenvalue weighted by Crippen LogP contribution is -2.26. The Balaban J connectivity index is 1.45. The molecule has 0 unspecified atom stereocenters. The van der Waals surface area contributed by atoms with E-state index in [1.54, 1.807) is 25.2 Å². The van der Waals surface area contributed by atoms with Gasteiger partial charge in [-0.2, -0.15) is 4.98 Å². The minimum atomic E-state index is -0.166. The molecule has 2 aromatic carbocycles. The second-order valence-electron chi connectivity index (χ2n) is 8.36. The predicted molar refractivity (Wildman–Crippen MR) is 112 cm³/mol. The van der Waals surface area contributed by atoms with Gasteiger partial charge in [0.1, 0.15) is 13.2 Å². The zero-order valence-corrected chi connectivity index (χ0v) is 17.6. The molecule has 0 fully saturated rings. The lowest BCUT2D eigenvalue weighted by atomic mass is 9.87. The van der Waals surface area contributed by atoms with Gasteiger partial charge in [-0.25, -0.2) is 0 Å². The molecule has 156 valence electrons. The third-order valence-electron chi connectivity index (χ3n) is 4.99. The molecule has 0 bridgehead atoms. The van der Waals surface area contributed by atoms with Crippen molar-refractivity contribution in [3.05, 3.63) is 59.5 Å². The zero-order chi connectivity index (χ0) is 21.3. The van der Waals surface area contributed by atoms with Gasteiger partial charge in [-0.05, 0) is 29.2 Å². The summed E-state index contributed by atoms with van der Waals surface area (Å²) >= 11 is 0. The van der Waals surface area contributed by atoms with E-state index >= 15 is 0 Å². The van der Waals surface area contributed by atoms with Crippen molar-refractivity contribution in [2.24, 2.45) is 0 Å². The maximum absolute atomic E-state index is 12.8. The summed E-state index contributed by atoms with van der Waals surface area (Å²) in [4.78, 5) is 18.8. The van der Waals surface area contributed by atoms with E-state index in [1.807, 2.05) is 12.1 Å². The number of fused-ring (bicyclic) bond motifs is 1. The molecule has 0 saturated heterocycles. The molecule has 7 nitrogen and oxygen atoms in total. The molecule has 0 saturated carbocycles. The lowest BCUT2D eigenvalue weighted by molar-refractivity contribution is 0.0768. The summed E-state index contributed by atoms with van der Waals surface area (Å²) in [6.07, 6.45) is 0. The fraction of sp³-hybridized carbons (Fsp3) is 0.348. The summed E-state index contributed by atoms with van der Waals surface area (Å²) in [5, 5.41) is 4.06. The molecular formula is C23H25N3O4. The molecule has 0 atom stereocenters. The monoisotopic (exact) mass is 407 g/mol. The average Bonchev–Trinajstić information content (AvgIpc) is 3.20. The number of nitrogens with zero attached hydrogens (tertiary/aromatic N) is 3. The number of ether oxygens (including phenoxy) is 2. The fourth-order valence-electron chi connectivity index (χ4n) is 3.23. The van der Waals surface area contributed by atoms with Gasteiger partial charge >= 0.3 is 0 Å². The number of hydrogen-bond acceptors (Lipinski definition) is 6. The molecule has 1 aliphatic rings. The largest absolute Gasteiger partial charge is 0.486 e. The van der Waals surface area contributed by atoms with Crippen LogP contribution in [0.1, 0.15) is 42.6 Å². The highest BCUT2D eigenvalue weighted by Gasteiger charge is 2.20. The molecule has 0 N–H and O–H groups in total. The van der Waals surface area contributed by atoms with Crippen molar-refractivity contribution in [3.63, 3.8) is 0 Å². The third kappa shape index (κ3) is 4.15. The van der Waals surface area contributed by atoms with E-state index in [0.717, 1.165) is 5.56 Å². The summed E-state index contributed by atoms with van der Waals surface area (Å²) in [7, 11) is 1.70. The van der Waals surface area contributed by atoms with Crippen LogP contribution in [0.4, 0.5) is 0 Å². The first-order chi connectivity index (χ1) is 14.3. The highest BCUT2D eigenvalue weighted by molar-refractivity contribution is 5.94. The second kappa shape index (κ2) is 7.82. The molecule has 0 radical (unpaired) electrons. The summed E-state index contributed by atoms with van der Waals surface area (Å²) < 4.78 is 16.4. The van der Waals surface area contributed by atoms with Crippen LogP contribution in [-0.4, -0.2) is 41.2 Å². The second-order valence-corrected chi connectivity index (χ2v) is 8.36. The molecule has 0 aliphatic carbocycles. The number of carbonyl (C=O) groups is 1. The first-order valence-corrected chi connectivity index (χ1v) is 9.90. The van der Waals surface area contributed by atoms with Gasteiger partial charge in [-0.15, -0.1) is 0 Å². The number of aromatic nitrogens is 2. The van der Waals surface area contributed by atoms with E-state index in [-0.39, 0.29) is 17.9 Å². The van der Waals surface area contributed by atoms with Crippen molar-refractivity contribution in [3.8, 4) is 22.9 Å². The van der Waals surface area contributed by atoms with E-state index in [0.29, 0.717) is 42.0 Å². The Hall–Kier alpha value is -3.35. The van der Waals surface area contributed by atoms with Crippen LogP contribution in [0.15, 0.2) is 47.0 Å². The Kier molecular flexibility index (Phi) is 5.20. The van der Waals surface area contributed by atoms with E-state index in [9.17, 15) is 4.79 Å². The molecule has 2 heterocycles. The van der Waals surface area contributed by atoms with Gasteiger partial charge in [0.2, 0.25) is 11.7 Å². The van der Waals surface area contributed by atoms with Crippen LogP contribution in [0, 0.1) is 0 Å². The molecule has 1 amide bonds. The Morgan fingerprint density at radius 3 is 2.43 bits per heavy atom. The molecular weight excluding hydrogens is 382 g/mol. The van der Waals surface area contributed by atoms with Crippen molar-refractivity contribution in [2.45, 2.75) is 32.7 Å². The van der Waals surface area contributed by atoms with Crippen LogP contribution in [0.2, 0.25) is 0 Å². The summed E-state index contributed by atoms with van der Waals surface area (Å²) in [6.45, 7) is 7.70. The lowest BCUT2D eigenvalue weighted by Gasteiger charge is -2.20. The van der Waals surface area contributed by atoms with Gasteiger partial charge < -0.3 is 18.9 Å². The Bertz CT molecular complexity index is 1050. The summed E-state index contributed by atoms with van der Waals surface area (Å²) in [5.41, 5.74) is 2.70. The van der Waals surface area contributed by atoms with Crippen molar-refractivity contribution in [1.82, 2.24) is 15.0 Å². The molecule has 3 aromatic rings. The SMILES string of the molecule is CN(Cc1nc(-c2ccc(C(C)(C)C)cc2)no1)C(=O)c1ccc2c(c1)OCCO2. The number of benzene rings is 2. The minimum Gasteiger partial charge on any atom is -0.486 e. The first-order valence-electron chi connectivity index (χ1n) is 9.90. The highest BCUT2D eigenvalue weighted by atomic mass is 16.6. The Morgan fingerprint density at radius 1 is 1.03 bits per heavy atom. The quantitative estimate of drug-likeness (QED) is 0.649. The van der Waals surface area contributed by atoms with Gasteiger partial charge in [-0.1, -0.05) is 50.2 Å².